The first kappa shape index (κ1) is 26.3. The van der Waals surface area contributed by atoms with Gasteiger partial charge in [-0.1, -0.05) is 6.07 Å². The largest absolute Gasteiger partial charge is 0.339 e. The summed E-state index contributed by atoms with van der Waals surface area (Å²) in [6, 6.07) is 5.34. The topological polar surface area (TPSA) is 108 Å². The van der Waals surface area contributed by atoms with Gasteiger partial charge in [0.15, 0.2) is 0 Å². The molecule has 38 heavy (non-hydrogen) atoms. The zero-order chi connectivity index (χ0) is 27.0. The van der Waals surface area contributed by atoms with Gasteiger partial charge in [0.25, 0.3) is 5.91 Å². The van der Waals surface area contributed by atoms with Gasteiger partial charge in [-0.15, -0.1) is 0 Å². The fourth-order valence-corrected chi connectivity index (χ4v) is 5.56. The molecule has 2 heterocycles. The van der Waals surface area contributed by atoms with Crippen LogP contribution in [0.15, 0.2) is 30.5 Å². The van der Waals surface area contributed by atoms with Crippen molar-refractivity contribution in [2.45, 2.75) is 70.9 Å². The van der Waals surface area contributed by atoms with E-state index >= 15 is 4.39 Å². The lowest BCUT2D eigenvalue weighted by atomic mass is 9.88. The summed E-state index contributed by atoms with van der Waals surface area (Å²) >= 11 is 0. The Bertz CT molecular complexity index is 1190. The van der Waals surface area contributed by atoms with Crippen LogP contribution in [0.25, 0.3) is 0 Å². The molecule has 204 valence electrons. The minimum Gasteiger partial charge on any atom is -0.339 e. The van der Waals surface area contributed by atoms with Gasteiger partial charge >= 0.3 is 0 Å². The molecular weight excluding hydrogens is 487 g/mol. The minimum absolute atomic E-state index is 0.0104. The van der Waals surface area contributed by atoms with Gasteiger partial charge in [-0.05, 0) is 94.4 Å². The Morgan fingerprint density at radius 1 is 1.08 bits per heavy atom. The summed E-state index contributed by atoms with van der Waals surface area (Å²) in [7, 11) is 0. The van der Waals surface area contributed by atoms with Gasteiger partial charge in [0.2, 0.25) is 11.8 Å². The maximum atomic E-state index is 15.2. The lowest BCUT2D eigenvalue weighted by Crippen LogP contribution is -2.50. The Morgan fingerprint density at radius 2 is 1.79 bits per heavy atom. The molecule has 3 amide bonds. The van der Waals surface area contributed by atoms with Crippen molar-refractivity contribution in [1.82, 2.24) is 25.5 Å². The molecule has 2 atom stereocenters. The first-order valence-electron chi connectivity index (χ1n) is 13.7. The summed E-state index contributed by atoms with van der Waals surface area (Å²) in [5.74, 6) is -1.25. The van der Waals surface area contributed by atoms with E-state index < -0.39 is 23.7 Å². The molecule has 2 aromatic rings. The van der Waals surface area contributed by atoms with Crippen molar-refractivity contribution < 1.29 is 18.8 Å². The van der Waals surface area contributed by atoms with E-state index in [0.717, 1.165) is 38.6 Å². The van der Waals surface area contributed by atoms with Gasteiger partial charge in [-0.25, -0.2) is 9.82 Å². The first-order chi connectivity index (χ1) is 18.2. The Balaban J connectivity index is 1.33. The normalized spacial score (nSPS) is 19.1. The molecule has 2 aliphatic carbocycles. The highest BCUT2D eigenvalue weighted by Crippen LogP contribution is 2.51. The zero-order valence-corrected chi connectivity index (χ0v) is 22.2. The summed E-state index contributed by atoms with van der Waals surface area (Å²) in [4.78, 5) is 39.6. The minimum atomic E-state index is -0.779. The summed E-state index contributed by atoms with van der Waals surface area (Å²) in [6.45, 7) is 7.01. The Kier molecular flexibility index (Phi) is 7.52. The lowest BCUT2D eigenvalue weighted by molar-refractivity contribution is -0.134. The van der Waals surface area contributed by atoms with E-state index in [2.05, 4.69) is 21.2 Å². The number of hydrogen-bond acceptors (Lipinski definition) is 5. The van der Waals surface area contributed by atoms with Crippen molar-refractivity contribution in [1.29, 1.82) is 0 Å². The fraction of sp³-hybridized carbons (Fsp3) is 0.571. The van der Waals surface area contributed by atoms with Crippen molar-refractivity contribution in [2.24, 2.45) is 17.8 Å². The number of carbonyl (C=O) groups is 3. The average Bonchev–Trinajstić information content (AvgIpc) is 3.80. The van der Waals surface area contributed by atoms with Crippen LogP contribution < -0.4 is 16.1 Å². The number of halogens is 1. The number of nitrogens with zero attached hydrogens (tertiary/aromatic N) is 3. The molecule has 0 spiro atoms. The van der Waals surface area contributed by atoms with E-state index in [1.807, 2.05) is 13.8 Å². The number of amides is 3. The van der Waals surface area contributed by atoms with E-state index in [0.29, 0.717) is 29.6 Å². The molecule has 3 aliphatic rings. The SMILES string of the molecule is CC(C(=O)N1CCCN1)c1ccc(NC(=O)[C@@H](NC(=O)c2ccnn2C(C)C)C(C2CC2)C2CC2)c(F)c1. The molecule has 9 nitrogen and oxygen atoms in total. The summed E-state index contributed by atoms with van der Waals surface area (Å²) in [5.41, 5.74) is 4.01. The molecule has 1 aromatic heterocycles. The van der Waals surface area contributed by atoms with Crippen LogP contribution in [0.2, 0.25) is 0 Å². The molecule has 1 unspecified atom stereocenters. The molecular formula is C28H37FN6O3. The van der Waals surface area contributed by atoms with Crippen LogP contribution in [0.1, 0.15) is 80.9 Å². The summed E-state index contributed by atoms with van der Waals surface area (Å²) in [5, 5.41) is 11.5. The zero-order valence-electron chi connectivity index (χ0n) is 22.2. The van der Waals surface area contributed by atoms with Gasteiger partial charge in [-0.2, -0.15) is 5.10 Å². The first-order valence-corrected chi connectivity index (χ1v) is 13.7. The van der Waals surface area contributed by atoms with Crippen molar-refractivity contribution in [3.63, 3.8) is 0 Å². The third-order valence-corrected chi connectivity index (χ3v) is 7.93. The number of carbonyl (C=O) groups excluding carboxylic acids is 3. The van der Waals surface area contributed by atoms with Gasteiger partial charge in [-0.3, -0.25) is 24.1 Å². The molecule has 0 bridgehead atoms. The number of rotatable bonds is 10. The number of hydrazine groups is 1. The van der Waals surface area contributed by atoms with Gasteiger partial charge in [0, 0.05) is 25.3 Å². The maximum Gasteiger partial charge on any atom is 0.270 e. The van der Waals surface area contributed by atoms with Crippen molar-refractivity contribution >= 4 is 23.4 Å². The quantitative estimate of drug-likeness (QED) is 0.440. The van der Waals surface area contributed by atoms with Crippen LogP contribution in [0.5, 0.6) is 0 Å². The van der Waals surface area contributed by atoms with Crippen molar-refractivity contribution in [3.8, 4) is 0 Å². The predicted octanol–water partition coefficient (Wildman–Crippen LogP) is 3.62. The Hall–Kier alpha value is -3.27. The molecule has 1 aromatic carbocycles. The molecule has 2 saturated carbocycles. The van der Waals surface area contributed by atoms with Gasteiger partial charge in [0.05, 0.1) is 11.6 Å². The standard InChI is InChI=1S/C28H37FN6O3/c1-16(2)35-23(11-13-31-35)26(36)33-25(24(18-5-6-18)19-7-8-19)27(37)32-22-10-9-20(15-21(22)29)17(3)28(38)34-14-4-12-30-34/h9-11,13,15-19,24-25,30H,4-8,12,14H2,1-3H3,(H,32,37)(H,33,36)/t17?,25-/m0/s1. The van der Waals surface area contributed by atoms with Crippen molar-refractivity contribution in [3.05, 3.63) is 47.5 Å². The number of anilines is 1. The van der Waals surface area contributed by atoms with E-state index in [9.17, 15) is 14.4 Å². The molecule has 3 N–H and O–H groups in total. The van der Waals surface area contributed by atoms with Crippen LogP contribution in [-0.2, 0) is 9.59 Å². The average molecular weight is 525 g/mol. The second-order valence-corrected chi connectivity index (χ2v) is 11.2. The number of hydrogen-bond donors (Lipinski definition) is 3. The summed E-state index contributed by atoms with van der Waals surface area (Å²) < 4.78 is 16.8. The molecule has 5 rings (SSSR count). The maximum absolute atomic E-state index is 15.2. The Morgan fingerprint density at radius 3 is 2.37 bits per heavy atom. The van der Waals surface area contributed by atoms with Crippen LogP contribution in [0.4, 0.5) is 10.1 Å². The highest BCUT2D eigenvalue weighted by Gasteiger charge is 2.48. The van der Waals surface area contributed by atoms with E-state index in [1.165, 1.54) is 12.1 Å². The monoisotopic (exact) mass is 524 g/mol. The molecule has 0 radical (unpaired) electrons. The predicted molar refractivity (Wildman–Crippen MR) is 141 cm³/mol. The van der Waals surface area contributed by atoms with Crippen molar-refractivity contribution in [2.75, 3.05) is 18.4 Å². The molecule has 1 aliphatic heterocycles. The fourth-order valence-electron chi connectivity index (χ4n) is 5.56. The highest BCUT2D eigenvalue weighted by molar-refractivity contribution is 6.01. The highest BCUT2D eigenvalue weighted by atomic mass is 19.1. The molecule has 1 saturated heterocycles. The van der Waals surface area contributed by atoms with Crippen LogP contribution >= 0.6 is 0 Å². The van der Waals surface area contributed by atoms with E-state index in [1.54, 1.807) is 34.9 Å². The van der Waals surface area contributed by atoms with Crippen LogP contribution in [-0.4, -0.2) is 51.6 Å². The van der Waals surface area contributed by atoms with Crippen LogP contribution in [0.3, 0.4) is 0 Å². The number of nitrogens with one attached hydrogen (secondary N) is 3. The lowest BCUT2D eigenvalue weighted by Gasteiger charge is -2.28. The van der Waals surface area contributed by atoms with Crippen LogP contribution in [0, 0.1) is 23.6 Å². The molecule has 3 fully saturated rings. The second-order valence-electron chi connectivity index (χ2n) is 11.2. The summed E-state index contributed by atoms with van der Waals surface area (Å²) in [6.07, 6.45) is 6.60. The van der Waals surface area contributed by atoms with E-state index in [4.69, 9.17) is 0 Å². The second kappa shape index (κ2) is 10.8. The van der Waals surface area contributed by atoms with E-state index in [-0.39, 0.29) is 29.5 Å². The molecule has 10 heteroatoms. The third kappa shape index (κ3) is 5.60. The third-order valence-electron chi connectivity index (χ3n) is 7.93. The number of aromatic nitrogens is 2. The van der Waals surface area contributed by atoms with Gasteiger partial charge < -0.3 is 10.6 Å². The van der Waals surface area contributed by atoms with Gasteiger partial charge in [0.1, 0.15) is 17.6 Å². The number of benzene rings is 1. The Labute approximate surface area is 222 Å². The smallest absolute Gasteiger partial charge is 0.270 e.